The monoisotopic (exact) mass is 254 g/mol. The summed E-state index contributed by atoms with van der Waals surface area (Å²) in [6, 6.07) is 22.1. The third-order valence-corrected chi connectivity index (χ3v) is 3.72. The molecule has 1 nitrogen and oxygen atoms in total. The van der Waals surface area contributed by atoms with E-state index in [9.17, 15) is 0 Å². The maximum Gasteiger partial charge on any atom is 0.229 e. The van der Waals surface area contributed by atoms with E-state index < -0.39 is 0 Å². The van der Waals surface area contributed by atoms with Gasteiger partial charge in [-0.25, -0.2) is 0 Å². The summed E-state index contributed by atoms with van der Waals surface area (Å²) in [5, 5.41) is 0. The highest BCUT2D eigenvalue weighted by Crippen LogP contribution is 2.17. The SMILES string of the molecule is C1CC[Si]OC1.c1ccc(-c2ccccc2)cc1. The maximum atomic E-state index is 5.10. The molecule has 1 fully saturated rings. The molecule has 0 spiro atoms. The summed E-state index contributed by atoms with van der Waals surface area (Å²) in [6.07, 6.45) is 2.67. The lowest BCUT2D eigenvalue weighted by atomic mass is 10.1. The molecule has 2 aromatic rings. The summed E-state index contributed by atoms with van der Waals surface area (Å²) < 4.78 is 5.10. The van der Waals surface area contributed by atoms with Crippen LogP contribution in [0.1, 0.15) is 12.8 Å². The standard InChI is InChI=1S/C12H10.C4H8OSi/c1-3-7-11(8-4-1)12-9-5-2-6-10-12;1-2-4-6-5-3-1/h1-10H;1-4H2. The predicted molar refractivity (Wildman–Crippen MR) is 77.6 cm³/mol. The van der Waals surface area contributed by atoms with Crippen molar-refractivity contribution in [1.82, 2.24) is 0 Å². The largest absolute Gasteiger partial charge is 0.417 e. The summed E-state index contributed by atoms with van der Waals surface area (Å²) in [7, 11) is 0.802. The van der Waals surface area contributed by atoms with E-state index >= 15 is 0 Å². The van der Waals surface area contributed by atoms with Crippen molar-refractivity contribution < 1.29 is 4.43 Å². The summed E-state index contributed by atoms with van der Waals surface area (Å²) in [6.45, 7) is 1.01. The molecule has 1 saturated heterocycles. The second-order valence-corrected chi connectivity index (χ2v) is 5.26. The normalized spacial score (nSPS) is 14.4. The Bertz CT molecular complexity index is 374. The first-order valence-corrected chi connectivity index (χ1v) is 7.53. The first-order chi connectivity index (χ1) is 8.97. The lowest BCUT2D eigenvalue weighted by molar-refractivity contribution is 0.304. The molecule has 92 valence electrons. The number of hydrogen-bond donors (Lipinski definition) is 0. The van der Waals surface area contributed by atoms with Gasteiger partial charge < -0.3 is 4.43 Å². The van der Waals surface area contributed by atoms with Crippen molar-refractivity contribution in [3.05, 3.63) is 60.7 Å². The Morgan fingerprint density at radius 1 is 0.722 bits per heavy atom. The molecule has 2 heteroatoms. The summed E-state index contributed by atoms with van der Waals surface area (Å²) in [5.41, 5.74) is 2.55. The minimum absolute atomic E-state index is 0.802. The molecule has 0 aromatic heterocycles. The minimum Gasteiger partial charge on any atom is -0.417 e. The van der Waals surface area contributed by atoms with Crippen molar-refractivity contribution in [2.24, 2.45) is 0 Å². The zero-order valence-electron chi connectivity index (χ0n) is 10.5. The van der Waals surface area contributed by atoms with E-state index in [2.05, 4.69) is 48.5 Å². The van der Waals surface area contributed by atoms with Crippen LogP contribution in [0.4, 0.5) is 0 Å². The Morgan fingerprint density at radius 3 is 1.56 bits per heavy atom. The molecule has 2 radical (unpaired) electrons. The molecule has 0 unspecified atom stereocenters. The van der Waals surface area contributed by atoms with Gasteiger partial charge in [-0.2, -0.15) is 0 Å². The molecule has 0 aliphatic carbocycles. The summed E-state index contributed by atoms with van der Waals surface area (Å²) in [5.74, 6) is 0. The number of benzene rings is 2. The smallest absolute Gasteiger partial charge is 0.229 e. The quantitative estimate of drug-likeness (QED) is 0.693. The molecule has 3 rings (SSSR count). The summed E-state index contributed by atoms with van der Waals surface area (Å²) in [4.78, 5) is 0. The van der Waals surface area contributed by atoms with Crippen LogP contribution in [0.25, 0.3) is 11.1 Å². The molecule has 1 heterocycles. The Hall–Kier alpha value is -1.38. The summed E-state index contributed by atoms with van der Waals surface area (Å²) >= 11 is 0. The average molecular weight is 254 g/mol. The van der Waals surface area contributed by atoms with Crippen molar-refractivity contribution in [1.29, 1.82) is 0 Å². The second-order valence-electron chi connectivity index (χ2n) is 4.18. The minimum atomic E-state index is 0.802. The van der Waals surface area contributed by atoms with Crippen LogP contribution in [0.5, 0.6) is 0 Å². The highest BCUT2D eigenvalue weighted by atomic mass is 28.2. The molecule has 1 aliphatic rings. The first-order valence-electron chi connectivity index (χ1n) is 6.42. The van der Waals surface area contributed by atoms with Gasteiger partial charge in [0.1, 0.15) is 0 Å². The van der Waals surface area contributed by atoms with Gasteiger partial charge in [-0.15, -0.1) is 0 Å². The van der Waals surface area contributed by atoms with Gasteiger partial charge in [0.05, 0.1) is 0 Å². The first kappa shape index (κ1) is 13.1. The molecule has 18 heavy (non-hydrogen) atoms. The Labute approximate surface area is 112 Å². The van der Waals surface area contributed by atoms with Gasteiger partial charge in [-0.05, 0) is 23.6 Å². The Morgan fingerprint density at radius 2 is 1.28 bits per heavy atom. The molecule has 0 bridgehead atoms. The lowest BCUT2D eigenvalue weighted by Crippen LogP contribution is -2.06. The predicted octanol–water partition coefficient (Wildman–Crippen LogP) is 4.19. The number of hydrogen-bond acceptors (Lipinski definition) is 1. The highest BCUT2D eigenvalue weighted by molar-refractivity contribution is 6.27. The molecule has 0 saturated carbocycles. The van der Waals surface area contributed by atoms with Crippen LogP contribution in [-0.2, 0) is 4.43 Å². The van der Waals surface area contributed by atoms with Gasteiger partial charge >= 0.3 is 0 Å². The van der Waals surface area contributed by atoms with Crippen LogP contribution in [0, 0.1) is 0 Å². The van der Waals surface area contributed by atoms with Crippen LogP contribution < -0.4 is 0 Å². The van der Waals surface area contributed by atoms with Crippen molar-refractivity contribution in [2.45, 2.75) is 18.9 Å². The van der Waals surface area contributed by atoms with Crippen LogP contribution in [0.2, 0.25) is 6.04 Å². The van der Waals surface area contributed by atoms with Crippen molar-refractivity contribution >= 4 is 9.76 Å². The lowest BCUT2D eigenvalue weighted by Gasteiger charge is -2.06. The van der Waals surface area contributed by atoms with E-state index in [1.807, 2.05) is 12.1 Å². The third-order valence-electron chi connectivity index (χ3n) is 2.76. The van der Waals surface area contributed by atoms with Crippen LogP contribution in [0.3, 0.4) is 0 Å². The Kier molecular flexibility index (Phi) is 5.69. The zero-order chi connectivity index (χ0) is 12.5. The molecule has 0 atom stereocenters. The highest BCUT2D eigenvalue weighted by Gasteiger charge is 1.97. The van der Waals surface area contributed by atoms with Gasteiger partial charge in [0.25, 0.3) is 0 Å². The number of rotatable bonds is 1. The van der Waals surface area contributed by atoms with E-state index in [0.29, 0.717) is 0 Å². The Balaban J connectivity index is 0.000000169. The van der Waals surface area contributed by atoms with Crippen molar-refractivity contribution in [3.63, 3.8) is 0 Å². The van der Waals surface area contributed by atoms with Crippen molar-refractivity contribution in [3.8, 4) is 11.1 Å². The molecular formula is C16H18OSi. The van der Waals surface area contributed by atoms with E-state index in [-0.39, 0.29) is 0 Å². The molecule has 2 aromatic carbocycles. The van der Waals surface area contributed by atoms with Gasteiger partial charge in [0, 0.05) is 6.61 Å². The van der Waals surface area contributed by atoms with Gasteiger partial charge in [0.2, 0.25) is 9.76 Å². The topological polar surface area (TPSA) is 9.23 Å². The van der Waals surface area contributed by atoms with E-state index in [4.69, 9.17) is 4.43 Å². The van der Waals surface area contributed by atoms with Gasteiger partial charge in [0.15, 0.2) is 0 Å². The fraction of sp³-hybridized carbons (Fsp3) is 0.250. The van der Waals surface area contributed by atoms with Crippen molar-refractivity contribution in [2.75, 3.05) is 6.61 Å². The maximum absolute atomic E-state index is 5.10. The van der Waals surface area contributed by atoms with E-state index in [1.54, 1.807) is 0 Å². The second kappa shape index (κ2) is 7.85. The average Bonchev–Trinajstić information content (AvgIpc) is 2.51. The van der Waals surface area contributed by atoms with Crippen LogP contribution >= 0.6 is 0 Å². The van der Waals surface area contributed by atoms with Gasteiger partial charge in [-0.3, -0.25) is 0 Å². The van der Waals surface area contributed by atoms with E-state index in [0.717, 1.165) is 16.4 Å². The van der Waals surface area contributed by atoms with Crippen LogP contribution in [-0.4, -0.2) is 16.4 Å². The fourth-order valence-corrected chi connectivity index (χ4v) is 2.60. The van der Waals surface area contributed by atoms with Gasteiger partial charge in [-0.1, -0.05) is 67.1 Å². The van der Waals surface area contributed by atoms with Crippen LogP contribution in [0.15, 0.2) is 60.7 Å². The molecule has 1 aliphatic heterocycles. The molecule has 0 amide bonds. The molecular weight excluding hydrogens is 236 g/mol. The van der Waals surface area contributed by atoms with E-state index in [1.165, 1.54) is 30.0 Å². The zero-order valence-corrected chi connectivity index (χ0v) is 11.5. The third kappa shape index (κ3) is 4.47. The fourth-order valence-electron chi connectivity index (χ4n) is 1.78. The molecule has 0 N–H and O–H groups in total.